The number of nitrogens with zero attached hydrogens (tertiary/aromatic N) is 1. The lowest BCUT2D eigenvalue weighted by molar-refractivity contribution is 0.463. The van der Waals surface area contributed by atoms with E-state index in [-0.39, 0.29) is 11.8 Å². The van der Waals surface area contributed by atoms with Gasteiger partial charge in [-0.25, -0.2) is 4.98 Å². The van der Waals surface area contributed by atoms with E-state index in [1.54, 1.807) is 24.3 Å². The van der Waals surface area contributed by atoms with E-state index in [9.17, 15) is 5.11 Å². The zero-order chi connectivity index (χ0) is 11.8. The predicted octanol–water partition coefficient (Wildman–Crippen LogP) is 1.86. The maximum atomic E-state index is 9.23. The average molecular weight is 230 g/mol. The van der Waals surface area contributed by atoms with Crippen LogP contribution in [0.4, 0.5) is 0 Å². The molecule has 17 heavy (non-hydrogen) atoms. The van der Waals surface area contributed by atoms with Crippen molar-refractivity contribution in [3.63, 3.8) is 0 Å². The summed E-state index contributed by atoms with van der Waals surface area (Å²) in [6.45, 7) is 0. The Balaban J connectivity index is 1.97. The second-order valence-electron chi connectivity index (χ2n) is 4.44. The van der Waals surface area contributed by atoms with Crippen LogP contribution in [0.15, 0.2) is 28.7 Å². The lowest BCUT2D eigenvalue weighted by atomic mass is 9.98. The van der Waals surface area contributed by atoms with Crippen molar-refractivity contribution in [1.29, 1.82) is 0 Å². The second kappa shape index (κ2) is 3.89. The van der Waals surface area contributed by atoms with Gasteiger partial charge in [-0.2, -0.15) is 0 Å². The number of rotatable bonds is 1. The van der Waals surface area contributed by atoms with Crippen LogP contribution in [0.1, 0.15) is 17.9 Å². The number of aryl methyl sites for hydroxylation is 1. The number of aromatic nitrogens is 1. The molecule has 0 radical (unpaired) electrons. The lowest BCUT2D eigenvalue weighted by Gasteiger charge is -2.14. The van der Waals surface area contributed by atoms with Crippen LogP contribution in [0.25, 0.3) is 11.5 Å². The molecule has 3 rings (SSSR count). The first-order valence-electron chi connectivity index (χ1n) is 5.76. The van der Waals surface area contributed by atoms with Gasteiger partial charge < -0.3 is 15.3 Å². The van der Waals surface area contributed by atoms with Crippen LogP contribution in [0.2, 0.25) is 0 Å². The Morgan fingerprint density at radius 3 is 2.82 bits per heavy atom. The molecule has 1 aliphatic carbocycles. The smallest absolute Gasteiger partial charge is 0.226 e. The van der Waals surface area contributed by atoms with E-state index in [1.807, 2.05) is 0 Å². The number of fused-ring (bicyclic) bond motifs is 1. The van der Waals surface area contributed by atoms with Crippen LogP contribution in [0.5, 0.6) is 5.75 Å². The molecular formula is C13H14N2O2. The standard InChI is InChI=1S/C13H14N2O2/c14-9-3-6-12-11(7-9)15-13(17-12)8-1-4-10(16)5-2-8/h1-2,4-5,9,16H,3,6-7,14H2. The van der Waals surface area contributed by atoms with Crippen LogP contribution >= 0.6 is 0 Å². The molecule has 0 amide bonds. The van der Waals surface area contributed by atoms with Crippen LogP contribution < -0.4 is 5.73 Å². The minimum Gasteiger partial charge on any atom is -0.508 e. The molecule has 0 saturated heterocycles. The third kappa shape index (κ3) is 1.91. The summed E-state index contributed by atoms with van der Waals surface area (Å²) in [5.41, 5.74) is 7.76. The maximum absolute atomic E-state index is 9.23. The molecule has 4 nitrogen and oxygen atoms in total. The molecule has 1 aliphatic rings. The largest absolute Gasteiger partial charge is 0.508 e. The van der Waals surface area contributed by atoms with Gasteiger partial charge in [0, 0.05) is 24.4 Å². The Kier molecular flexibility index (Phi) is 2.37. The first-order chi connectivity index (χ1) is 8.22. The number of nitrogens with two attached hydrogens (primary N) is 1. The fourth-order valence-electron chi connectivity index (χ4n) is 2.13. The van der Waals surface area contributed by atoms with E-state index in [0.717, 1.165) is 36.3 Å². The van der Waals surface area contributed by atoms with Crippen LogP contribution in [0.3, 0.4) is 0 Å². The molecule has 1 aromatic heterocycles. The third-order valence-corrected chi connectivity index (χ3v) is 3.09. The van der Waals surface area contributed by atoms with Gasteiger partial charge in [0.15, 0.2) is 0 Å². The van der Waals surface area contributed by atoms with E-state index < -0.39 is 0 Å². The molecule has 1 heterocycles. The van der Waals surface area contributed by atoms with Gasteiger partial charge in [-0.15, -0.1) is 0 Å². The Labute approximate surface area is 99.1 Å². The molecule has 1 aromatic carbocycles. The minimum absolute atomic E-state index is 0.195. The predicted molar refractivity (Wildman–Crippen MR) is 63.6 cm³/mol. The van der Waals surface area contributed by atoms with Crippen molar-refractivity contribution in [2.24, 2.45) is 5.73 Å². The molecule has 0 bridgehead atoms. The summed E-state index contributed by atoms with van der Waals surface area (Å²) in [6.07, 6.45) is 2.61. The number of hydrogen-bond acceptors (Lipinski definition) is 4. The van der Waals surface area contributed by atoms with Crippen LogP contribution in [-0.2, 0) is 12.8 Å². The molecule has 0 fully saturated rings. The fourth-order valence-corrected chi connectivity index (χ4v) is 2.13. The molecule has 3 N–H and O–H groups in total. The van der Waals surface area contributed by atoms with E-state index in [0.29, 0.717) is 5.89 Å². The topological polar surface area (TPSA) is 72.3 Å². The average Bonchev–Trinajstić information content (AvgIpc) is 2.72. The van der Waals surface area contributed by atoms with Gasteiger partial charge in [0.05, 0.1) is 5.69 Å². The molecule has 0 aliphatic heterocycles. The van der Waals surface area contributed by atoms with Gasteiger partial charge in [-0.05, 0) is 30.7 Å². The highest BCUT2D eigenvalue weighted by Crippen LogP contribution is 2.27. The molecular weight excluding hydrogens is 216 g/mol. The van der Waals surface area contributed by atoms with Gasteiger partial charge in [0.1, 0.15) is 11.5 Å². The number of hydrogen-bond donors (Lipinski definition) is 2. The number of oxazole rings is 1. The summed E-state index contributed by atoms with van der Waals surface area (Å²) in [5.74, 6) is 1.81. The van der Waals surface area contributed by atoms with Crippen molar-refractivity contribution in [1.82, 2.24) is 4.98 Å². The van der Waals surface area contributed by atoms with Gasteiger partial charge in [0.25, 0.3) is 0 Å². The van der Waals surface area contributed by atoms with Gasteiger partial charge in [0.2, 0.25) is 5.89 Å². The monoisotopic (exact) mass is 230 g/mol. The van der Waals surface area contributed by atoms with Crippen molar-refractivity contribution in [2.75, 3.05) is 0 Å². The minimum atomic E-state index is 0.195. The first kappa shape index (κ1) is 10.4. The zero-order valence-electron chi connectivity index (χ0n) is 9.39. The summed E-state index contributed by atoms with van der Waals surface area (Å²) in [7, 11) is 0. The van der Waals surface area contributed by atoms with Crippen molar-refractivity contribution in [2.45, 2.75) is 25.3 Å². The summed E-state index contributed by atoms with van der Waals surface area (Å²) >= 11 is 0. The summed E-state index contributed by atoms with van der Waals surface area (Å²) in [6, 6.07) is 7.05. The second-order valence-corrected chi connectivity index (χ2v) is 4.44. The van der Waals surface area contributed by atoms with Crippen LogP contribution in [-0.4, -0.2) is 16.1 Å². The normalized spacial score (nSPS) is 19.0. The zero-order valence-corrected chi connectivity index (χ0v) is 9.39. The third-order valence-electron chi connectivity index (χ3n) is 3.09. The Morgan fingerprint density at radius 1 is 1.29 bits per heavy atom. The Morgan fingerprint density at radius 2 is 2.06 bits per heavy atom. The van der Waals surface area contributed by atoms with E-state index in [1.165, 1.54) is 0 Å². The molecule has 88 valence electrons. The molecule has 2 aromatic rings. The quantitative estimate of drug-likeness (QED) is 0.784. The van der Waals surface area contributed by atoms with Gasteiger partial charge in [-0.3, -0.25) is 0 Å². The summed E-state index contributed by atoms with van der Waals surface area (Å²) < 4.78 is 5.73. The maximum Gasteiger partial charge on any atom is 0.226 e. The Hall–Kier alpha value is -1.81. The number of phenols is 1. The summed E-state index contributed by atoms with van der Waals surface area (Å²) in [4.78, 5) is 4.47. The van der Waals surface area contributed by atoms with E-state index >= 15 is 0 Å². The molecule has 0 saturated carbocycles. The number of aromatic hydroxyl groups is 1. The van der Waals surface area contributed by atoms with Gasteiger partial charge in [-0.1, -0.05) is 0 Å². The van der Waals surface area contributed by atoms with Crippen molar-refractivity contribution in [3.8, 4) is 17.2 Å². The lowest BCUT2D eigenvalue weighted by Crippen LogP contribution is -2.27. The van der Waals surface area contributed by atoms with Crippen molar-refractivity contribution >= 4 is 0 Å². The number of phenolic OH excluding ortho intramolecular Hbond substituents is 1. The highest BCUT2D eigenvalue weighted by atomic mass is 16.4. The molecule has 4 heteroatoms. The number of benzene rings is 1. The molecule has 1 unspecified atom stereocenters. The molecule has 1 atom stereocenters. The van der Waals surface area contributed by atoms with Crippen molar-refractivity contribution in [3.05, 3.63) is 35.7 Å². The summed E-state index contributed by atoms with van der Waals surface area (Å²) in [5, 5.41) is 9.23. The fraction of sp³-hybridized carbons (Fsp3) is 0.308. The SMILES string of the molecule is NC1CCc2oc(-c3ccc(O)cc3)nc2C1. The van der Waals surface area contributed by atoms with E-state index in [4.69, 9.17) is 10.2 Å². The first-order valence-corrected chi connectivity index (χ1v) is 5.76. The van der Waals surface area contributed by atoms with Crippen LogP contribution in [0, 0.1) is 0 Å². The highest BCUT2D eigenvalue weighted by Gasteiger charge is 2.22. The van der Waals surface area contributed by atoms with E-state index in [2.05, 4.69) is 4.98 Å². The Bertz CT molecular complexity index is 531. The van der Waals surface area contributed by atoms with Crippen molar-refractivity contribution < 1.29 is 9.52 Å². The highest BCUT2D eigenvalue weighted by molar-refractivity contribution is 5.55. The molecule has 0 spiro atoms. The van der Waals surface area contributed by atoms with Gasteiger partial charge >= 0.3 is 0 Å².